The predicted octanol–water partition coefficient (Wildman–Crippen LogP) is 4.38. The zero-order valence-corrected chi connectivity index (χ0v) is 21.3. The van der Waals surface area contributed by atoms with Crippen LogP contribution in [0.5, 0.6) is 11.5 Å². The van der Waals surface area contributed by atoms with Gasteiger partial charge in [0.2, 0.25) is 5.76 Å². The zero-order valence-electron chi connectivity index (χ0n) is 19.7. The molecule has 0 saturated carbocycles. The second kappa shape index (κ2) is 11.0. The number of hydrogen-bond acceptors (Lipinski definition) is 8. The van der Waals surface area contributed by atoms with Crippen molar-refractivity contribution in [1.82, 2.24) is 10.2 Å². The molecule has 1 saturated heterocycles. The molecule has 37 heavy (non-hydrogen) atoms. The highest BCUT2D eigenvalue weighted by Crippen LogP contribution is 2.35. The standard InChI is InChI=1S/C26H20BrN3O7/c1-34-22-10-17(19(27)11-23(22)36-14-16-6-4-3-5-15(16)12-28)9-20-24(31)30(26(33)29-20)13-18-7-8-21(37-18)25(32)35-2/h3-11H,13-14H2,1-2H3,(H,29,33)/b20-9-. The number of amides is 3. The van der Waals surface area contributed by atoms with Gasteiger partial charge in [-0.3, -0.25) is 9.69 Å². The van der Waals surface area contributed by atoms with Crippen LogP contribution in [0.15, 0.2) is 63.1 Å². The molecule has 1 aromatic heterocycles. The van der Waals surface area contributed by atoms with E-state index in [0.29, 0.717) is 27.1 Å². The topological polar surface area (TPSA) is 131 Å². The number of hydrogen-bond donors (Lipinski definition) is 1. The molecule has 3 amide bonds. The highest BCUT2D eigenvalue weighted by atomic mass is 79.9. The summed E-state index contributed by atoms with van der Waals surface area (Å²) in [4.78, 5) is 37.9. The molecular formula is C26H20BrN3O7. The number of nitrogens with one attached hydrogen (secondary N) is 1. The minimum atomic E-state index is -0.662. The van der Waals surface area contributed by atoms with Crippen LogP contribution in [0.1, 0.15) is 33.0 Å². The van der Waals surface area contributed by atoms with Crippen molar-refractivity contribution in [2.24, 2.45) is 0 Å². The number of esters is 1. The molecule has 0 radical (unpaired) electrons. The lowest BCUT2D eigenvalue weighted by atomic mass is 10.1. The van der Waals surface area contributed by atoms with Crippen molar-refractivity contribution in [2.45, 2.75) is 13.2 Å². The van der Waals surface area contributed by atoms with E-state index in [2.05, 4.69) is 32.1 Å². The summed E-state index contributed by atoms with van der Waals surface area (Å²) >= 11 is 3.47. The maximum atomic E-state index is 12.9. The number of carbonyl (C=O) groups is 3. The van der Waals surface area contributed by atoms with E-state index in [1.165, 1.54) is 32.4 Å². The second-order valence-corrected chi connectivity index (χ2v) is 8.57. The van der Waals surface area contributed by atoms with Crippen LogP contribution in [0.4, 0.5) is 4.79 Å². The third kappa shape index (κ3) is 5.49. The maximum Gasteiger partial charge on any atom is 0.373 e. The van der Waals surface area contributed by atoms with E-state index in [1.54, 1.807) is 30.3 Å². The number of furan rings is 1. The molecule has 10 nitrogen and oxygen atoms in total. The van der Waals surface area contributed by atoms with Crippen LogP contribution in [-0.4, -0.2) is 37.0 Å². The summed E-state index contributed by atoms with van der Waals surface area (Å²) in [5.74, 6) is -0.206. The maximum absolute atomic E-state index is 12.9. The normalized spacial score (nSPS) is 13.9. The number of ether oxygens (including phenoxy) is 3. The van der Waals surface area contributed by atoms with E-state index < -0.39 is 17.9 Å². The van der Waals surface area contributed by atoms with Gasteiger partial charge in [0.1, 0.15) is 18.1 Å². The Labute approximate surface area is 220 Å². The van der Waals surface area contributed by atoms with Crippen molar-refractivity contribution in [3.05, 3.63) is 86.9 Å². The van der Waals surface area contributed by atoms with Crippen LogP contribution in [0.3, 0.4) is 0 Å². The molecule has 1 N–H and O–H groups in total. The summed E-state index contributed by atoms with van der Waals surface area (Å²) in [6, 6.07) is 14.8. The third-order valence-corrected chi connectivity index (χ3v) is 6.12. The number of methoxy groups -OCH3 is 2. The first-order valence-electron chi connectivity index (χ1n) is 10.8. The highest BCUT2D eigenvalue weighted by Gasteiger charge is 2.34. The minimum Gasteiger partial charge on any atom is -0.493 e. The smallest absolute Gasteiger partial charge is 0.373 e. The number of carbonyl (C=O) groups excluding carboxylic acids is 3. The van der Waals surface area contributed by atoms with E-state index in [1.807, 2.05) is 6.07 Å². The van der Waals surface area contributed by atoms with Gasteiger partial charge in [0.25, 0.3) is 5.91 Å². The summed E-state index contributed by atoms with van der Waals surface area (Å²) in [5.41, 5.74) is 1.84. The first kappa shape index (κ1) is 25.5. The van der Waals surface area contributed by atoms with Gasteiger partial charge in [-0.15, -0.1) is 0 Å². The molecule has 188 valence electrons. The molecule has 3 aromatic rings. The summed E-state index contributed by atoms with van der Waals surface area (Å²) in [5, 5.41) is 11.8. The lowest BCUT2D eigenvalue weighted by Gasteiger charge is -2.13. The Morgan fingerprint density at radius 1 is 1.16 bits per heavy atom. The van der Waals surface area contributed by atoms with E-state index in [0.717, 1.165) is 10.5 Å². The van der Waals surface area contributed by atoms with Crippen molar-refractivity contribution in [2.75, 3.05) is 14.2 Å². The fraction of sp³-hybridized carbons (Fsp3) is 0.154. The van der Waals surface area contributed by atoms with Gasteiger partial charge in [-0.25, -0.2) is 9.59 Å². The molecule has 0 aliphatic carbocycles. The van der Waals surface area contributed by atoms with Gasteiger partial charge >= 0.3 is 12.0 Å². The zero-order chi connectivity index (χ0) is 26.5. The summed E-state index contributed by atoms with van der Waals surface area (Å²) < 4.78 is 21.9. The van der Waals surface area contributed by atoms with E-state index in [9.17, 15) is 19.6 Å². The van der Waals surface area contributed by atoms with E-state index in [-0.39, 0.29) is 30.4 Å². The van der Waals surface area contributed by atoms with Crippen LogP contribution in [0.25, 0.3) is 6.08 Å². The van der Waals surface area contributed by atoms with Gasteiger partial charge in [0, 0.05) is 10.0 Å². The lowest BCUT2D eigenvalue weighted by molar-refractivity contribution is -0.123. The second-order valence-electron chi connectivity index (χ2n) is 7.72. The molecule has 0 bridgehead atoms. The lowest BCUT2D eigenvalue weighted by Crippen LogP contribution is -2.30. The van der Waals surface area contributed by atoms with E-state index in [4.69, 9.17) is 13.9 Å². The van der Waals surface area contributed by atoms with Crippen LogP contribution in [0, 0.1) is 11.3 Å². The molecule has 0 spiro atoms. The Balaban J connectivity index is 1.52. The molecule has 4 rings (SSSR count). The Bertz CT molecular complexity index is 1450. The van der Waals surface area contributed by atoms with Crippen molar-refractivity contribution < 1.29 is 33.0 Å². The molecule has 1 fully saturated rings. The average Bonchev–Trinajstić information content (AvgIpc) is 3.48. The van der Waals surface area contributed by atoms with E-state index >= 15 is 0 Å². The minimum absolute atomic E-state index is 0.0326. The third-order valence-electron chi connectivity index (χ3n) is 5.43. The van der Waals surface area contributed by atoms with Gasteiger partial charge in [0.05, 0.1) is 32.4 Å². The number of urea groups is 1. The average molecular weight is 566 g/mol. The Morgan fingerprint density at radius 3 is 2.68 bits per heavy atom. The summed E-state index contributed by atoms with van der Waals surface area (Å²) in [7, 11) is 2.70. The van der Waals surface area contributed by atoms with Crippen molar-refractivity contribution in [3.63, 3.8) is 0 Å². The Kier molecular flexibility index (Phi) is 7.60. The number of benzene rings is 2. The predicted molar refractivity (Wildman–Crippen MR) is 133 cm³/mol. The molecule has 2 aromatic carbocycles. The number of rotatable bonds is 8. The summed E-state index contributed by atoms with van der Waals surface area (Å²) in [6.45, 7) is -0.0125. The fourth-order valence-electron chi connectivity index (χ4n) is 3.54. The quantitative estimate of drug-likeness (QED) is 0.242. The largest absolute Gasteiger partial charge is 0.493 e. The summed E-state index contributed by atoms with van der Waals surface area (Å²) in [6.07, 6.45) is 1.50. The molecule has 11 heteroatoms. The SMILES string of the molecule is COC(=O)c1ccc(CN2C(=O)N/C(=C\c3cc(OC)c(OCc4ccccc4C#N)cc3Br)C2=O)o1. The van der Waals surface area contributed by atoms with Gasteiger partial charge in [-0.05, 0) is 42.0 Å². The number of imide groups is 1. The van der Waals surface area contributed by atoms with Crippen LogP contribution >= 0.6 is 15.9 Å². The number of nitriles is 1. The van der Waals surface area contributed by atoms with Crippen LogP contribution < -0.4 is 14.8 Å². The number of nitrogens with zero attached hydrogens (tertiary/aromatic N) is 2. The molecule has 1 aliphatic heterocycles. The van der Waals surface area contributed by atoms with Crippen LogP contribution in [0.2, 0.25) is 0 Å². The van der Waals surface area contributed by atoms with Gasteiger partial charge in [-0.1, -0.05) is 34.1 Å². The van der Waals surface area contributed by atoms with Crippen molar-refractivity contribution in [3.8, 4) is 17.6 Å². The van der Waals surface area contributed by atoms with Gasteiger partial charge < -0.3 is 23.9 Å². The molecule has 0 atom stereocenters. The van der Waals surface area contributed by atoms with Gasteiger partial charge in [-0.2, -0.15) is 5.26 Å². The molecule has 1 aliphatic rings. The van der Waals surface area contributed by atoms with Crippen molar-refractivity contribution in [1.29, 1.82) is 5.26 Å². The highest BCUT2D eigenvalue weighted by molar-refractivity contribution is 9.10. The molecular weight excluding hydrogens is 546 g/mol. The number of halogens is 1. The molecule has 2 heterocycles. The van der Waals surface area contributed by atoms with Crippen LogP contribution in [-0.2, 0) is 22.7 Å². The Hall–Kier alpha value is -4.56. The van der Waals surface area contributed by atoms with Gasteiger partial charge in [0.15, 0.2) is 11.5 Å². The fourth-order valence-corrected chi connectivity index (χ4v) is 3.98. The first-order valence-corrected chi connectivity index (χ1v) is 11.6. The Morgan fingerprint density at radius 2 is 1.95 bits per heavy atom. The molecule has 0 unspecified atom stereocenters. The van der Waals surface area contributed by atoms with Crippen molar-refractivity contribution >= 4 is 39.9 Å². The first-order chi connectivity index (χ1) is 17.8. The monoisotopic (exact) mass is 565 g/mol.